The summed E-state index contributed by atoms with van der Waals surface area (Å²) < 4.78 is 0. The molecular weight excluding hydrogens is 268 g/mol. The number of aromatic carboxylic acids is 1. The molecule has 1 aromatic rings. The molecule has 1 aliphatic rings. The molecule has 0 amide bonds. The molecule has 0 saturated carbocycles. The number of carboxylic acids is 1. The first kappa shape index (κ1) is 15.7. The fourth-order valence-electron chi connectivity index (χ4n) is 2.13. The van der Waals surface area contributed by atoms with Gasteiger partial charge in [-0.1, -0.05) is 0 Å². The van der Waals surface area contributed by atoms with Crippen molar-refractivity contribution in [2.45, 2.75) is 12.8 Å². The van der Waals surface area contributed by atoms with E-state index < -0.39 is 5.97 Å². The second kappa shape index (κ2) is 7.25. The molecule has 0 aromatic carbocycles. The van der Waals surface area contributed by atoms with E-state index in [0.717, 1.165) is 32.5 Å². The largest absolute Gasteiger partial charge is 0.476 e. The number of piperidine rings is 1. The van der Waals surface area contributed by atoms with E-state index in [0.29, 0.717) is 11.7 Å². The Bertz CT molecular complexity index is 422. The minimum absolute atomic E-state index is 0. The third-order valence-corrected chi connectivity index (χ3v) is 3.30. The molecule has 6 nitrogen and oxygen atoms in total. The van der Waals surface area contributed by atoms with Crippen LogP contribution in [0.1, 0.15) is 23.3 Å². The Morgan fingerprint density at radius 2 is 2.05 bits per heavy atom. The zero-order chi connectivity index (χ0) is 13.0. The molecule has 2 heterocycles. The number of nitrogens with one attached hydrogen (secondary N) is 1. The molecule has 0 spiro atoms. The molecule has 2 N–H and O–H groups in total. The van der Waals surface area contributed by atoms with Crippen molar-refractivity contribution >= 4 is 24.2 Å². The van der Waals surface area contributed by atoms with Crippen molar-refractivity contribution in [3.8, 4) is 0 Å². The van der Waals surface area contributed by atoms with Gasteiger partial charge in [0.05, 0.1) is 0 Å². The van der Waals surface area contributed by atoms with Crippen LogP contribution in [0.2, 0.25) is 0 Å². The number of likely N-dealkylation sites (tertiary alicyclic amines) is 1. The number of hydrogen-bond acceptors (Lipinski definition) is 5. The maximum Gasteiger partial charge on any atom is 0.358 e. The third kappa shape index (κ3) is 4.33. The van der Waals surface area contributed by atoms with Gasteiger partial charge >= 0.3 is 5.97 Å². The standard InChI is InChI=1S/C12H18N4O2.ClH/c1-16-6-2-9(3-7-16)8-15-11-10(12(17)18)13-4-5-14-11;/h4-5,9H,2-3,6-8H2,1H3,(H,14,15)(H,17,18);1H. The summed E-state index contributed by atoms with van der Waals surface area (Å²) in [5.74, 6) is -0.109. The Balaban J connectivity index is 0.00000180. The number of aromatic nitrogens is 2. The van der Waals surface area contributed by atoms with Gasteiger partial charge in [-0.15, -0.1) is 12.4 Å². The van der Waals surface area contributed by atoms with Crippen LogP contribution in [-0.2, 0) is 0 Å². The summed E-state index contributed by atoms with van der Waals surface area (Å²) in [4.78, 5) is 21.1. The third-order valence-electron chi connectivity index (χ3n) is 3.30. The SMILES string of the molecule is CN1CCC(CNc2nccnc2C(=O)O)CC1.Cl. The number of halogens is 1. The molecule has 106 valence electrons. The van der Waals surface area contributed by atoms with Crippen molar-refractivity contribution in [3.63, 3.8) is 0 Å². The molecule has 0 unspecified atom stereocenters. The van der Waals surface area contributed by atoms with E-state index in [-0.39, 0.29) is 18.1 Å². The van der Waals surface area contributed by atoms with Gasteiger partial charge in [0.25, 0.3) is 0 Å². The van der Waals surface area contributed by atoms with Gasteiger partial charge in [0.15, 0.2) is 11.5 Å². The zero-order valence-corrected chi connectivity index (χ0v) is 11.7. The average molecular weight is 287 g/mol. The van der Waals surface area contributed by atoms with Crippen molar-refractivity contribution in [2.24, 2.45) is 5.92 Å². The van der Waals surface area contributed by atoms with Gasteiger partial charge in [-0.2, -0.15) is 0 Å². The highest BCUT2D eigenvalue weighted by atomic mass is 35.5. The second-order valence-electron chi connectivity index (χ2n) is 4.69. The molecule has 7 heteroatoms. The van der Waals surface area contributed by atoms with Gasteiger partial charge in [-0.3, -0.25) is 0 Å². The lowest BCUT2D eigenvalue weighted by atomic mass is 9.97. The van der Waals surface area contributed by atoms with Crippen LogP contribution in [0.15, 0.2) is 12.4 Å². The van der Waals surface area contributed by atoms with Gasteiger partial charge in [0.2, 0.25) is 0 Å². The predicted molar refractivity (Wildman–Crippen MR) is 75.0 cm³/mol. The van der Waals surface area contributed by atoms with Crippen molar-refractivity contribution in [3.05, 3.63) is 18.1 Å². The minimum atomic E-state index is -1.05. The molecular formula is C12H19ClN4O2. The first-order valence-electron chi connectivity index (χ1n) is 6.13. The summed E-state index contributed by atoms with van der Waals surface area (Å²) in [6, 6.07) is 0. The molecule has 0 aliphatic carbocycles. The number of rotatable bonds is 4. The van der Waals surface area contributed by atoms with Crippen LogP contribution >= 0.6 is 12.4 Å². The Hall–Kier alpha value is -1.40. The smallest absolute Gasteiger partial charge is 0.358 e. The fraction of sp³-hybridized carbons (Fsp3) is 0.583. The molecule has 1 aromatic heterocycles. The van der Waals surface area contributed by atoms with Gasteiger partial charge in [-0.05, 0) is 38.9 Å². The van der Waals surface area contributed by atoms with Gasteiger partial charge < -0.3 is 15.3 Å². The number of anilines is 1. The van der Waals surface area contributed by atoms with Crippen LogP contribution in [0.4, 0.5) is 5.82 Å². The minimum Gasteiger partial charge on any atom is -0.476 e. The van der Waals surface area contributed by atoms with Gasteiger partial charge in [0.1, 0.15) is 0 Å². The first-order valence-corrected chi connectivity index (χ1v) is 6.13. The summed E-state index contributed by atoms with van der Waals surface area (Å²) in [7, 11) is 2.12. The highest BCUT2D eigenvalue weighted by molar-refractivity contribution is 5.90. The van der Waals surface area contributed by atoms with Gasteiger partial charge in [0, 0.05) is 18.9 Å². The van der Waals surface area contributed by atoms with E-state index in [9.17, 15) is 4.79 Å². The van der Waals surface area contributed by atoms with Crippen molar-refractivity contribution in [1.29, 1.82) is 0 Å². The van der Waals surface area contributed by atoms with Crippen molar-refractivity contribution in [2.75, 3.05) is 32.0 Å². The second-order valence-corrected chi connectivity index (χ2v) is 4.69. The molecule has 1 saturated heterocycles. The Labute approximate surface area is 118 Å². The van der Waals surface area contributed by atoms with Crippen LogP contribution < -0.4 is 5.32 Å². The summed E-state index contributed by atoms with van der Waals surface area (Å²) in [5, 5.41) is 12.1. The van der Waals surface area contributed by atoms with E-state index in [1.165, 1.54) is 12.4 Å². The topological polar surface area (TPSA) is 78.3 Å². The maximum atomic E-state index is 11.0. The van der Waals surface area contributed by atoms with E-state index in [1.807, 2.05) is 0 Å². The Morgan fingerprint density at radius 1 is 1.42 bits per heavy atom. The van der Waals surface area contributed by atoms with Crippen LogP contribution in [0.3, 0.4) is 0 Å². The maximum absolute atomic E-state index is 11.0. The van der Waals surface area contributed by atoms with Gasteiger partial charge in [-0.25, -0.2) is 14.8 Å². The molecule has 2 rings (SSSR count). The van der Waals surface area contributed by atoms with Crippen LogP contribution in [-0.4, -0.2) is 52.6 Å². The lowest BCUT2D eigenvalue weighted by molar-refractivity contribution is 0.0691. The van der Waals surface area contributed by atoms with E-state index in [4.69, 9.17) is 5.11 Å². The molecule has 1 aliphatic heterocycles. The fourth-order valence-corrected chi connectivity index (χ4v) is 2.13. The zero-order valence-electron chi connectivity index (χ0n) is 10.9. The lowest BCUT2D eigenvalue weighted by Crippen LogP contribution is -2.33. The Kier molecular flexibility index (Phi) is 5.98. The average Bonchev–Trinajstić information content (AvgIpc) is 2.38. The molecule has 0 radical (unpaired) electrons. The van der Waals surface area contributed by atoms with Crippen molar-refractivity contribution in [1.82, 2.24) is 14.9 Å². The van der Waals surface area contributed by atoms with Crippen molar-refractivity contribution < 1.29 is 9.90 Å². The van der Waals surface area contributed by atoms with E-state index in [1.54, 1.807) is 0 Å². The number of nitrogens with zero attached hydrogens (tertiary/aromatic N) is 3. The van der Waals surface area contributed by atoms with Crippen LogP contribution in [0.25, 0.3) is 0 Å². The van der Waals surface area contributed by atoms with E-state index in [2.05, 4.69) is 27.2 Å². The quantitative estimate of drug-likeness (QED) is 0.870. The highest BCUT2D eigenvalue weighted by Gasteiger charge is 2.18. The Morgan fingerprint density at radius 3 is 2.68 bits per heavy atom. The predicted octanol–water partition coefficient (Wildman–Crippen LogP) is 1.35. The summed E-state index contributed by atoms with van der Waals surface area (Å²) in [5.41, 5.74) is -0.00886. The summed E-state index contributed by atoms with van der Waals surface area (Å²) in [6.45, 7) is 2.95. The molecule has 1 fully saturated rings. The lowest BCUT2D eigenvalue weighted by Gasteiger charge is -2.29. The molecule has 19 heavy (non-hydrogen) atoms. The van der Waals surface area contributed by atoms with E-state index >= 15 is 0 Å². The number of carboxylic acid groups (broad SMARTS) is 1. The summed E-state index contributed by atoms with van der Waals surface area (Å²) >= 11 is 0. The highest BCUT2D eigenvalue weighted by Crippen LogP contribution is 2.17. The monoisotopic (exact) mass is 286 g/mol. The molecule has 0 atom stereocenters. The normalized spacial score (nSPS) is 16.7. The number of carbonyl (C=O) groups is 1. The first-order chi connectivity index (χ1) is 8.66. The summed E-state index contributed by atoms with van der Waals surface area (Å²) in [6.07, 6.45) is 5.16. The number of hydrogen-bond donors (Lipinski definition) is 2. The van der Waals surface area contributed by atoms with Crippen LogP contribution in [0.5, 0.6) is 0 Å². The molecule has 0 bridgehead atoms. The van der Waals surface area contributed by atoms with Crippen LogP contribution in [0, 0.1) is 5.92 Å².